The third kappa shape index (κ3) is 3.77. The van der Waals surface area contributed by atoms with Crippen molar-refractivity contribution in [2.45, 2.75) is 63.8 Å². The lowest BCUT2D eigenvalue weighted by Crippen LogP contribution is -2.39. The normalized spacial score (nSPS) is 18.6. The molecule has 2 rings (SSSR count). The molecule has 0 amide bonds. The molecule has 4 nitrogen and oxygen atoms in total. The highest BCUT2D eigenvalue weighted by molar-refractivity contribution is 7.89. The second kappa shape index (κ2) is 6.36. The Morgan fingerprint density at radius 3 is 2.33 bits per heavy atom. The molecule has 118 valence electrons. The Bertz CT molecular complexity index is 605. The first-order valence-electron chi connectivity index (χ1n) is 7.70. The Morgan fingerprint density at radius 2 is 1.71 bits per heavy atom. The molecule has 0 saturated heterocycles. The molecule has 1 aliphatic carbocycles. The summed E-state index contributed by atoms with van der Waals surface area (Å²) in [5.74, 6) is 0.432. The van der Waals surface area contributed by atoms with Gasteiger partial charge in [0.1, 0.15) is 4.90 Å². The van der Waals surface area contributed by atoms with E-state index in [1.54, 1.807) is 12.1 Å². The predicted octanol–water partition coefficient (Wildman–Crippen LogP) is 3.13. The fourth-order valence-electron chi connectivity index (χ4n) is 3.08. The van der Waals surface area contributed by atoms with Crippen LogP contribution < -0.4 is 10.5 Å². The molecule has 1 saturated carbocycles. The van der Waals surface area contributed by atoms with Gasteiger partial charge in [-0.25, -0.2) is 13.1 Å². The van der Waals surface area contributed by atoms with E-state index in [4.69, 9.17) is 5.73 Å². The maximum atomic E-state index is 12.6. The van der Waals surface area contributed by atoms with Crippen LogP contribution in [-0.4, -0.2) is 14.5 Å². The Hall–Kier alpha value is -1.07. The first kappa shape index (κ1) is 16.3. The largest absolute Gasteiger partial charge is 0.398 e. The molecular formula is C16H26N2O2S. The molecule has 1 fully saturated rings. The second-order valence-electron chi connectivity index (χ2n) is 6.28. The quantitative estimate of drug-likeness (QED) is 0.839. The van der Waals surface area contributed by atoms with Crippen molar-refractivity contribution in [3.63, 3.8) is 0 Å². The van der Waals surface area contributed by atoms with Crippen LogP contribution in [0.25, 0.3) is 0 Å². The molecule has 21 heavy (non-hydrogen) atoms. The van der Waals surface area contributed by atoms with Crippen LogP contribution in [0.5, 0.6) is 0 Å². The summed E-state index contributed by atoms with van der Waals surface area (Å²) in [5, 5.41) is 0. The first-order chi connectivity index (χ1) is 9.81. The Balaban J connectivity index is 2.20. The number of aryl methyl sites for hydroxylation is 2. The summed E-state index contributed by atoms with van der Waals surface area (Å²) in [4.78, 5) is 0.202. The lowest BCUT2D eigenvalue weighted by Gasteiger charge is -2.28. The van der Waals surface area contributed by atoms with Crippen molar-refractivity contribution in [2.24, 2.45) is 5.92 Å². The zero-order chi connectivity index (χ0) is 15.6. The highest BCUT2D eigenvalue weighted by atomic mass is 32.2. The maximum absolute atomic E-state index is 12.6. The number of sulfonamides is 1. The molecule has 0 radical (unpaired) electrons. The van der Waals surface area contributed by atoms with Crippen molar-refractivity contribution in [1.82, 2.24) is 4.72 Å². The number of anilines is 1. The number of hydrogen-bond donors (Lipinski definition) is 2. The summed E-state index contributed by atoms with van der Waals surface area (Å²) in [7, 11) is -3.55. The van der Waals surface area contributed by atoms with Crippen LogP contribution in [0, 0.1) is 19.8 Å². The Labute approximate surface area is 128 Å². The van der Waals surface area contributed by atoms with E-state index < -0.39 is 10.0 Å². The fourth-order valence-corrected chi connectivity index (χ4v) is 4.59. The van der Waals surface area contributed by atoms with Crippen LogP contribution in [-0.2, 0) is 10.0 Å². The van der Waals surface area contributed by atoms with Gasteiger partial charge in [0.25, 0.3) is 0 Å². The van der Waals surface area contributed by atoms with Crippen molar-refractivity contribution in [3.05, 3.63) is 23.3 Å². The van der Waals surface area contributed by atoms with Crippen LogP contribution in [0.2, 0.25) is 0 Å². The Morgan fingerprint density at radius 1 is 1.14 bits per heavy atom. The van der Waals surface area contributed by atoms with Crippen molar-refractivity contribution < 1.29 is 8.42 Å². The molecule has 1 atom stereocenters. The van der Waals surface area contributed by atoms with E-state index in [9.17, 15) is 8.42 Å². The summed E-state index contributed by atoms with van der Waals surface area (Å²) in [5.41, 5.74) is 8.18. The summed E-state index contributed by atoms with van der Waals surface area (Å²) < 4.78 is 28.0. The van der Waals surface area contributed by atoms with Crippen LogP contribution in [0.1, 0.15) is 50.2 Å². The first-order valence-corrected chi connectivity index (χ1v) is 9.18. The van der Waals surface area contributed by atoms with E-state index in [2.05, 4.69) is 4.72 Å². The topological polar surface area (TPSA) is 72.2 Å². The second-order valence-corrected chi connectivity index (χ2v) is 7.96. The van der Waals surface area contributed by atoms with Gasteiger partial charge in [0.05, 0.1) is 5.69 Å². The third-order valence-electron chi connectivity index (χ3n) is 4.61. The minimum Gasteiger partial charge on any atom is -0.398 e. The zero-order valence-corrected chi connectivity index (χ0v) is 14.0. The van der Waals surface area contributed by atoms with Gasteiger partial charge >= 0.3 is 0 Å². The fraction of sp³-hybridized carbons (Fsp3) is 0.625. The number of nitrogens with two attached hydrogens (primary N) is 1. The summed E-state index contributed by atoms with van der Waals surface area (Å²) in [6.45, 7) is 5.79. The number of hydrogen-bond acceptors (Lipinski definition) is 3. The number of benzene rings is 1. The van der Waals surface area contributed by atoms with E-state index >= 15 is 0 Å². The van der Waals surface area contributed by atoms with E-state index in [0.717, 1.165) is 24.0 Å². The molecule has 3 N–H and O–H groups in total. The van der Waals surface area contributed by atoms with E-state index in [1.807, 2.05) is 20.8 Å². The van der Waals surface area contributed by atoms with Crippen molar-refractivity contribution in [1.29, 1.82) is 0 Å². The molecule has 0 spiro atoms. The molecule has 5 heteroatoms. The molecule has 0 aliphatic heterocycles. The summed E-state index contributed by atoms with van der Waals surface area (Å²) in [6, 6.07) is 3.35. The SMILES string of the molecule is Cc1cc(N)c(S(=O)(=O)NC(C)C2CCCCC2)cc1C. The van der Waals surface area contributed by atoms with Crippen LogP contribution >= 0.6 is 0 Å². The van der Waals surface area contributed by atoms with Crippen LogP contribution in [0.4, 0.5) is 5.69 Å². The van der Waals surface area contributed by atoms with Crippen molar-refractivity contribution in [2.75, 3.05) is 5.73 Å². The van der Waals surface area contributed by atoms with Gasteiger partial charge in [-0.15, -0.1) is 0 Å². The molecule has 1 aromatic carbocycles. The summed E-state index contributed by atoms with van der Waals surface area (Å²) in [6.07, 6.45) is 5.86. The van der Waals surface area contributed by atoms with E-state index in [1.165, 1.54) is 19.3 Å². The van der Waals surface area contributed by atoms with Gasteiger partial charge in [0.15, 0.2) is 0 Å². The smallest absolute Gasteiger partial charge is 0.242 e. The van der Waals surface area contributed by atoms with Gasteiger partial charge in [-0.1, -0.05) is 19.3 Å². The number of nitrogen functional groups attached to an aromatic ring is 1. The highest BCUT2D eigenvalue weighted by Crippen LogP contribution is 2.28. The maximum Gasteiger partial charge on any atom is 0.242 e. The molecular weight excluding hydrogens is 284 g/mol. The van der Waals surface area contributed by atoms with Gasteiger partial charge in [-0.05, 0) is 62.8 Å². The van der Waals surface area contributed by atoms with Crippen molar-refractivity contribution in [3.8, 4) is 0 Å². The van der Waals surface area contributed by atoms with Crippen LogP contribution in [0.3, 0.4) is 0 Å². The standard InChI is InChI=1S/C16H26N2O2S/c1-11-9-15(17)16(10-12(11)2)21(19,20)18-13(3)14-7-5-4-6-8-14/h9-10,13-14,18H,4-8,17H2,1-3H3. The average molecular weight is 310 g/mol. The minimum atomic E-state index is -3.55. The van der Waals surface area contributed by atoms with Gasteiger partial charge in [0, 0.05) is 6.04 Å². The zero-order valence-electron chi connectivity index (χ0n) is 13.1. The van der Waals surface area contributed by atoms with Gasteiger partial charge in [-0.2, -0.15) is 0 Å². The molecule has 0 bridgehead atoms. The van der Waals surface area contributed by atoms with Gasteiger partial charge < -0.3 is 5.73 Å². The highest BCUT2D eigenvalue weighted by Gasteiger charge is 2.26. The number of nitrogens with one attached hydrogen (secondary N) is 1. The monoisotopic (exact) mass is 310 g/mol. The summed E-state index contributed by atoms with van der Waals surface area (Å²) >= 11 is 0. The Kier molecular flexibility index (Phi) is 4.94. The van der Waals surface area contributed by atoms with Gasteiger partial charge in [-0.3, -0.25) is 0 Å². The molecule has 1 aromatic rings. The molecule has 0 aromatic heterocycles. The molecule has 0 heterocycles. The predicted molar refractivity (Wildman–Crippen MR) is 86.7 cm³/mol. The minimum absolute atomic E-state index is 0.0451. The van der Waals surface area contributed by atoms with Gasteiger partial charge in [0.2, 0.25) is 10.0 Å². The molecule has 1 aliphatic rings. The molecule has 1 unspecified atom stereocenters. The lowest BCUT2D eigenvalue weighted by molar-refractivity contribution is 0.303. The number of rotatable bonds is 4. The average Bonchev–Trinajstić information content (AvgIpc) is 2.43. The lowest BCUT2D eigenvalue weighted by atomic mass is 9.85. The van der Waals surface area contributed by atoms with Crippen molar-refractivity contribution >= 4 is 15.7 Å². The third-order valence-corrected chi connectivity index (χ3v) is 6.23. The van der Waals surface area contributed by atoms with Crippen LogP contribution in [0.15, 0.2) is 17.0 Å². The van der Waals surface area contributed by atoms with E-state index in [-0.39, 0.29) is 10.9 Å². The van der Waals surface area contributed by atoms with E-state index in [0.29, 0.717) is 11.6 Å².